The summed E-state index contributed by atoms with van der Waals surface area (Å²) in [6, 6.07) is 8.39. The Bertz CT molecular complexity index is 621. The largest absolute Gasteiger partial charge is 0.346 e. The highest BCUT2D eigenvalue weighted by Gasteiger charge is 2.03. The Morgan fingerprint density at radius 3 is 2.65 bits per heavy atom. The van der Waals surface area contributed by atoms with Crippen LogP contribution >= 0.6 is 24.0 Å². The number of halogens is 1. The van der Waals surface area contributed by atoms with Gasteiger partial charge in [0.25, 0.3) is 0 Å². The van der Waals surface area contributed by atoms with Gasteiger partial charge in [0.15, 0.2) is 0 Å². The molecule has 2 aromatic rings. The molecule has 1 aromatic carbocycles. The summed E-state index contributed by atoms with van der Waals surface area (Å²) < 4.78 is 13.5. The van der Waals surface area contributed by atoms with Gasteiger partial charge in [0.2, 0.25) is 0 Å². The van der Waals surface area contributed by atoms with E-state index in [2.05, 4.69) is 23.8 Å². The van der Waals surface area contributed by atoms with Gasteiger partial charge in [-0.3, -0.25) is 0 Å². The number of thioether (sulfide) groups is 1. The first kappa shape index (κ1) is 15.2. The Balaban J connectivity index is 2.07. The Morgan fingerprint density at radius 1 is 1.30 bits per heavy atom. The van der Waals surface area contributed by atoms with Gasteiger partial charge in [0.1, 0.15) is 16.3 Å². The van der Waals surface area contributed by atoms with Crippen LogP contribution in [0.15, 0.2) is 35.2 Å². The van der Waals surface area contributed by atoms with Gasteiger partial charge in [-0.2, -0.15) is 0 Å². The SMILES string of the molecule is CC(C)Cc1cc(=S)nc(CSc2ccc(F)cc2)[nH]1. The fourth-order valence-corrected chi connectivity index (χ4v) is 2.89. The summed E-state index contributed by atoms with van der Waals surface area (Å²) in [5, 5.41) is 0. The molecule has 0 saturated carbocycles. The van der Waals surface area contributed by atoms with Crippen LogP contribution in [0.2, 0.25) is 0 Å². The Labute approximate surface area is 127 Å². The minimum atomic E-state index is -0.217. The maximum atomic E-state index is 12.8. The summed E-state index contributed by atoms with van der Waals surface area (Å²) in [5.74, 6) is 1.91. The third-order valence-corrected chi connectivity index (χ3v) is 3.90. The maximum Gasteiger partial charge on any atom is 0.130 e. The Morgan fingerprint density at radius 2 is 2.00 bits per heavy atom. The topological polar surface area (TPSA) is 28.7 Å². The number of H-pyrrole nitrogens is 1. The molecule has 0 aliphatic carbocycles. The van der Waals surface area contributed by atoms with E-state index in [4.69, 9.17) is 12.2 Å². The number of nitrogens with zero attached hydrogens (tertiary/aromatic N) is 1. The second-order valence-electron chi connectivity index (χ2n) is 5.03. The lowest BCUT2D eigenvalue weighted by Crippen LogP contribution is -2.02. The smallest absolute Gasteiger partial charge is 0.130 e. The van der Waals surface area contributed by atoms with Gasteiger partial charge < -0.3 is 4.98 Å². The first-order valence-corrected chi connectivity index (χ1v) is 7.90. The predicted molar refractivity (Wildman–Crippen MR) is 83.9 cm³/mol. The zero-order chi connectivity index (χ0) is 14.5. The van der Waals surface area contributed by atoms with E-state index < -0.39 is 0 Å². The van der Waals surface area contributed by atoms with Gasteiger partial charge in [-0.1, -0.05) is 26.1 Å². The minimum absolute atomic E-state index is 0.217. The average molecular weight is 308 g/mol. The molecule has 106 valence electrons. The van der Waals surface area contributed by atoms with Gasteiger partial charge in [-0.15, -0.1) is 11.8 Å². The van der Waals surface area contributed by atoms with Crippen LogP contribution in [0, 0.1) is 16.4 Å². The molecule has 0 aliphatic heterocycles. The fraction of sp³-hybridized carbons (Fsp3) is 0.333. The van der Waals surface area contributed by atoms with Crippen molar-refractivity contribution in [1.82, 2.24) is 9.97 Å². The van der Waals surface area contributed by atoms with Crippen LogP contribution < -0.4 is 0 Å². The minimum Gasteiger partial charge on any atom is -0.346 e. The molecule has 1 N–H and O–H groups in total. The van der Waals surface area contributed by atoms with E-state index in [1.54, 1.807) is 23.9 Å². The molecule has 0 saturated heterocycles. The lowest BCUT2D eigenvalue weighted by molar-refractivity contribution is 0.626. The molecule has 0 radical (unpaired) electrons. The second-order valence-corrected chi connectivity index (χ2v) is 6.50. The number of benzene rings is 1. The van der Waals surface area contributed by atoms with Crippen LogP contribution in [0.3, 0.4) is 0 Å². The molecule has 0 spiro atoms. The van der Waals surface area contributed by atoms with Crippen molar-refractivity contribution in [2.45, 2.75) is 30.9 Å². The second kappa shape index (κ2) is 6.99. The first-order valence-electron chi connectivity index (χ1n) is 6.50. The Hall–Kier alpha value is -1.20. The van der Waals surface area contributed by atoms with Crippen LogP contribution in [0.4, 0.5) is 4.39 Å². The average Bonchev–Trinajstić information content (AvgIpc) is 2.36. The van der Waals surface area contributed by atoms with Crippen molar-refractivity contribution in [3.05, 3.63) is 52.3 Å². The molecule has 0 aliphatic rings. The molecule has 0 atom stereocenters. The van der Waals surface area contributed by atoms with Crippen LogP contribution in [0.25, 0.3) is 0 Å². The number of hydrogen-bond donors (Lipinski definition) is 1. The van der Waals surface area contributed by atoms with Gasteiger partial charge in [0.05, 0.1) is 5.75 Å². The van der Waals surface area contributed by atoms with Crippen molar-refractivity contribution >= 4 is 24.0 Å². The fourth-order valence-electron chi connectivity index (χ4n) is 1.86. The molecule has 1 heterocycles. The molecule has 2 rings (SSSR count). The van der Waals surface area contributed by atoms with Crippen LogP contribution in [-0.4, -0.2) is 9.97 Å². The lowest BCUT2D eigenvalue weighted by Gasteiger charge is -2.08. The molecule has 0 bridgehead atoms. The molecule has 0 amide bonds. The Kier molecular flexibility index (Phi) is 5.31. The predicted octanol–water partition coefficient (Wildman–Crippen LogP) is 4.77. The molecule has 5 heteroatoms. The number of hydrogen-bond acceptors (Lipinski definition) is 3. The molecule has 2 nitrogen and oxygen atoms in total. The summed E-state index contributed by atoms with van der Waals surface area (Å²) in [6.45, 7) is 4.34. The van der Waals surface area contributed by atoms with Crippen molar-refractivity contribution in [3.63, 3.8) is 0 Å². The molecule has 0 unspecified atom stereocenters. The lowest BCUT2D eigenvalue weighted by atomic mass is 10.1. The highest BCUT2D eigenvalue weighted by Crippen LogP contribution is 2.21. The standard InChI is InChI=1S/C15H17FN2S2/c1-10(2)7-12-8-15(19)18-14(17-12)9-20-13-5-3-11(16)4-6-13/h3-6,8,10H,7,9H2,1-2H3,(H,17,18,19). The quantitative estimate of drug-likeness (QED) is 0.637. The van der Waals surface area contributed by atoms with Crippen molar-refractivity contribution in [2.75, 3.05) is 0 Å². The number of nitrogens with one attached hydrogen (secondary N) is 1. The van der Waals surface area contributed by atoms with E-state index in [1.165, 1.54) is 12.1 Å². The normalized spacial score (nSPS) is 11.0. The van der Waals surface area contributed by atoms with Crippen molar-refractivity contribution in [2.24, 2.45) is 5.92 Å². The molecular weight excluding hydrogens is 291 g/mol. The van der Waals surface area contributed by atoms with Gasteiger partial charge in [0, 0.05) is 10.6 Å². The van der Waals surface area contributed by atoms with Crippen LogP contribution in [0.1, 0.15) is 25.4 Å². The monoisotopic (exact) mass is 308 g/mol. The summed E-state index contributed by atoms with van der Waals surface area (Å²) >= 11 is 6.81. The molecule has 0 fully saturated rings. The molecular formula is C15H17FN2S2. The highest BCUT2D eigenvalue weighted by molar-refractivity contribution is 7.98. The molecule has 20 heavy (non-hydrogen) atoms. The van der Waals surface area contributed by atoms with E-state index in [9.17, 15) is 4.39 Å². The first-order chi connectivity index (χ1) is 9.52. The van der Waals surface area contributed by atoms with E-state index >= 15 is 0 Å². The molecule has 1 aromatic heterocycles. The maximum absolute atomic E-state index is 12.8. The van der Waals surface area contributed by atoms with Crippen LogP contribution in [0.5, 0.6) is 0 Å². The zero-order valence-corrected chi connectivity index (χ0v) is 13.2. The van der Waals surface area contributed by atoms with E-state index in [0.29, 0.717) is 16.3 Å². The van der Waals surface area contributed by atoms with Gasteiger partial charge in [-0.05, 0) is 42.7 Å². The summed E-state index contributed by atoms with van der Waals surface area (Å²) in [7, 11) is 0. The van der Waals surface area contributed by atoms with E-state index in [-0.39, 0.29) is 5.82 Å². The number of aromatic nitrogens is 2. The number of rotatable bonds is 5. The van der Waals surface area contributed by atoms with Crippen molar-refractivity contribution < 1.29 is 4.39 Å². The van der Waals surface area contributed by atoms with Gasteiger partial charge in [-0.25, -0.2) is 9.37 Å². The highest BCUT2D eigenvalue weighted by atomic mass is 32.2. The van der Waals surface area contributed by atoms with E-state index in [1.807, 2.05) is 6.07 Å². The van der Waals surface area contributed by atoms with Crippen molar-refractivity contribution in [1.29, 1.82) is 0 Å². The third-order valence-electron chi connectivity index (χ3n) is 2.67. The van der Waals surface area contributed by atoms with Gasteiger partial charge >= 0.3 is 0 Å². The summed E-state index contributed by atoms with van der Waals surface area (Å²) in [6.07, 6.45) is 0.959. The van der Waals surface area contributed by atoms with Crippen molar-refractivity contribution in [3.8, 4) is 0 Å². The summed E-state index contributed by atoms with van der Waals surface area (Å²) in [4.78, 5) is 8.68. The third kappa shape index (κ3) is 4.72. The number of aromatic amines is 1. The van der Waals surface area contributed by atoms with Crippen LogP contribution in [-0.2, 0) is 12.2 Å². The van der Waals surface area contributed by atoms with E-state index in [0.717, 1.165) is 22.8 Å². The summed E-state index contributed by atoms with van der Waals surface area (Å²) in [5.41, 5.74) is 1.12. The zero-order valence-electron chi connectivity index (χ0n) is 11.5.